The smallest absolute Gasteiger partial charge is 0.228 e. The fourth-order valence-electron chi connectivity index (χ4n) is 5.30. The molecule has 176 valence electrons. The molecule has 34 heavy (non-hydrogen) atoms. The van der Waals surface area contributed by atoms with Crippen LogP contribution in [0.3, 0.4) is 0 Å². The first-order valence-corrected chi connectivity index (χ1v) is 12.4. The van der Waals surface area contributed by atoms with Crippen LogP contribution in [0.15, 0.2) is 54.6 Å². The van der Waals surface area contributed by atoms with Gasteiger partial charge in [0.05, 0.1) is 11.4 Å². The van der Waals surface area contributed by atoms with Gasteiger partial charge in [-0.05, 0) is 42.2 Å². The van der Waals surface area contributed by atoms with Crippen LogP contribution in [-0.4, -0.2) is 54.4 Å². The standard InChI is InChI=1S/C28H32N4O2/c1-3-20-9-7-10-21(4-2)27(20)32-19-23(18-26(32)33)28(34)31-16-14-30(15-17-31)25-13-12-22-8-5-6-11-24(22)29-25/h5-13,23H,3-4,14-19H2,1-2H3. The number of para-hydroxylation sites is 2. The summed E-state index contributed by atoms with van der Waals surface area (Å²) in [7, 11) is 0. The van der Waals surface area contributed by atoms with Crippen molar-refractivity contribution in [1.82, 2.24) is 9.88 Å². The summed E-state index contributed by atoms with van der Waals surface area (Å²) in [5.74, 6) is 0.852. The third-order valence-corrected chi connectivity index (χ3v) is 7.21. The molecule has 1 atom stereocenters. The van der Waals surface area contributed by atoms with Crippen LogP contribution >= 0.6 is 0 Å². The van der Waals surface area contributed by atoms with Crippen LogP contribution in [0, 0.1) is 5.92 Å². The molecule has 1 aromatic heterocycles. The van der Waals surface area contributed by atoms with Crippen molar-refractivity contribution in [2.75, 3.05) is 42.5 Å². The normalized spacial score (nSPS) is 18.7. The number of benzene rings is 2. The molecule has 2 amide bonds. The monoisotopic (exact) mass is 456 g/mol. The molecule has 0 spiro atoms. The summed E-state index contributed by atoms with van der Waals surface area (Å²) in [4.78, 5) is 37.2. The number of aromatic nitrogens is 1. The van der Waals surface area contributed by atoms with E-state index in [2.05, 4.69) is 55.1 Å². The first-order valence-electron chi connectivity index (χ1n) is 12.4. The second kappa shape index (κ2) is 9.45. The predicted molar refractivity (Wildman–Crippen MR) is 136 cm³/mol. The van der Waals surface area contributed by atoms with E-state index in [9.17, 15) is 9.59 Å². The van der Waals surface area contributed by atoms with E-state index >= 15 is 0 Å². The number of nitrogens with zero attached hydrogens (tertiary/aromatic N) is 4. The molecule has 6 heteroatoms. The fraction of sp³-hybridized carbons (Fsp3) is 0.393. The van der Waals surface area contributed by atoms with Gasteiger partial charge in [-0.2, -0.15) is 0 Å². The van der Waals surface area contributed by atoms with E-state index in [1.165, 1.54) is 11.1 Å². The zero-order valence-corrected chi connectivity index (χ0v) is 20.0. The molecule has 0 radical (unpaired) electrons. The van der Waals surface area contributed by atoms with Crippen LogP contribution in [-0.2, 0) is 22.4 Å². The molecule has 0 bridgehead atoms. The Bertz CT molecular complexity index is 1190. The highest BCUT2D eigenvalue weighted by Gasteiger charge is 2.39. The van der Waals surface area contributed by atoms with Gasteiger partial charge in [0.1, 0.15) is 5.82 Å². The van der Waals surface area contributed by atoms with Crippen LogP contribution in [0.25, 0.3) is 10.9 Å². The Balaban J connectivity index is 1.25. The number of anilines is 2. The lowest BCUT2D eigenvalue weighted by Crippen LogP contribution is -2.51. The van der Waals surface area contributed by atoms with E-state index in [1.807, 2.05) is 28.0 Å². The summed E-state index contributed by atoms with van der Waals surface area (Å²) in [5.41, 5.74) is 4.37. The highest BCUT2D eigenvalue weighted by Crippen LogP contribution is 2.33. The Labute approximate surface area is 201 Å². The van der Waals surface area contributed by atoms with Crippen molar-refractivity contribution < 1.29 is 9.59 Å². The van der Waals surface area contributed by atoms with Crippen LogP contribution in [0.2, 0.25) is 0 Å². The van der Waals surface area contributed by atoms with Crippen molar-refractivity contribution >= 4 is 34.2 Å². The molecule has 2 saturated heterocycles. The van der Waals surface area contributed by atoms with Crippen molar-refractivity contribution in [2.24, 2.45) is 5.92 Å². The number of amides is 2. The van der Waals surface area contributed by atoms with Crippen LogP contribution in [0.5, 0.6) is 0 Å². The molecule has 5 rings (SSSR count). The predicted octanol–water partition coefficient (Wildman–Crippen LogP) is 4.06. The average Bonchev–Trinajstić information content (AvgIpc) is 3.28. The van der Waals surface area contributed by atoms with E-state index < -0.39 is 0 Å². The summed E-state index contributed by atoms with van der Waals surface area (Å²) < 4.78 is 0. The second-order valence-corrected chi connectivity index (χ2v) is 9.21. The van der Waals surface area contributed by atoms with Gasteiger partial charge >= 0.3 is 0 Å². The minimum atomic E-state index is -0.271. The first kappa shape index (κ1) is 22.4. The van der Waals surface area contributed by atoms with Crippen molar-refractivity contribution in [3.63, 3.8) is 0 Å². The van der Waals surface area contributed by atoms with Crippen molar-refractivity contribution in [2.45, 2.75) is 33.1 Å². The largest absolute Gasteiger partial charge is 0.353 e. The van der Waals surface area contributed by atoms with Gasteiger partial charge in [0.15, 0.2) is 0 Å². The summed E-state index contributed by atoms with van der Waals surface area (Å²) in [5, 5.41) is 1.13. The van der Waals surface area contributed by atoms with Gasteiger partial charge in [0.25, 0.3) is 0 Å². The minimum absolute atomic E-state index is 0.0629. The maximum absolute atomic E-state index is 13.4. The van der Waals surface area contributed by atoms with Crippen LogP contribution in [0.4, 0.5) is 11.5 Å². The molecule has 1 unspecified atom stereocenters. The lowest BCUT2D eigenvalue weighted by atomic mass is 10.0. The molecule has 0 aliphatic carbocycles. The summed E-state index contributed by atoms with van der Waals surface area (Å²) in [6.45, 7) is 7.53. The van der Waals surface area contributed by atoms with Gasteiger partial charge in [-0.25, -0.2) is 4.98 Å². The van der Waals surface area contributed by atoms with Crippen LogP contribution < -0.4 is 9.80 Å². The van der Waals surface area contributed by atoms with Gasteiger partial charge in [0.2, 0.25) is 11.8 Å². The van der Waals surface area contributed by atoms with Gasteiger partial charge < -0.3 is 14.7 Å². The van der Waals surface area contributed by atoms with Gasteiger partial charge in [-0.3, -0.25) is 9.59 Å². The molecule has 2 aliphatic heterocycles. The Morgan fingerprint density at radius 3 is 2.32 bits per heavy atom. The lowest BCUT2D eigenvalue weighted by Gasteiger charge is -2.36. The third-order valence-electron chi connectivity index (χ3n) is 7.21. The number of fused-ring (bicyclic) bond motifs is 1. The Morgan fingerprint density at radius 2 is 1.62 bits per heavy atom. The van der Waals surface area contributed by atoms with Crippen molar-refractivity contribution in [3.05, 3.63) is 65.7 Å². The van der Waals surface area contributed by atoms with Crippen LogP contribution in [0.1, 0.15) is 31.4 Å². The Kier molecular flexibility index (Phi) is 6.22. The number of pyridine rings is 1. The zero-order chi connectivity index (χ0) is 23.7. The number of piperazine rings is 1. The average molecular weight is 457 g/mol. The highest BCUT2D eigenvalue weighted by atomic mass is 16.2. The molecule has 3 heterocycles. The number of carbonyl (C=O) groups excluding carboxylic acids is 2. The second-order valence-electron chi connectivity index (χ2n) is 9.21. The molecule has 0 N–H and O–H groups in total. The van der Waals surface area contributed by atoms with E-state index in [-0.39, 0.29) is 17.7 Å². The molecule has 6 nitrogen and oxygen atoms in total. The lowest BCUT2D eigenvalue weighted by molar-refractivity contribution is -0.136. The van der Waals surface area contributed by atoms with E-state index in [4.69, 9.17) is 4.98 Å². The molecular weight excluding hydrogens is 424 g/mol. The first-order chi connectivity index (χ1) is 16.6. The fourth-order valence-corrected chi connectivity index (χ4v) is 5.30. The highest BCUT2D eigenvalue weighted by molar-refractivity contribution is 6.01. The number of aryl methyl sites for hydroxylation is 2. The van der Waals surface area contributed by atoms with Crippen molar-refractivity contribution in [3.8, 4) is 0 Å². The topological polar surface area (TPSA) is 56.8 Å². The number of hydrogen-bond acceptors (Lipinski definition) is 4. The maximum atomic E-state index is 13.4. The quantitative estimate of drug-likeness (QED) is 0.581. The van der Waals surface area contributed by atoms with E-state index in [0.717, 1.165) is 48.3 Å². The zero-order valence-electron chi connectivity index (χ0n) is 20.0. The molecule has 2 aliphatic rings. The number of rotatable bonds is 5. The van der Waals surface area contributed by atoms with E-state index in [0.29, 0.717) is 26.1 Å². The summed E-state index contributed by atoms with van der Waals surface area (Å²) in [6, 6.07) is 18.5. The SMILES string of the molecule is CCc1cccc(CC)c1N1CC(C(=O)N2CCN(c3ccc4ccccc4n3)CC2)CC1=O. The van der Waals surface area contributed by atoms with Gasteiger partial charge in [-0.15, -0.1) is 0 Å². The maximum Gasteiger partial charge on any atom is 0.228 e. The number of carbonyl (C=O) groups is 2. The van der Waals surface area contributed by atoms with E-state index in [1.54, 1.807) is 0 Å². The molecule has 2 fully saturated rings. The molecule has 3 aromatic rings. The summed E-state index contributed by atoms with van der Waals surface area (Å²) in [6.07, 6.45) is 2.04. The minimum Gasteiger partial charge on any atom is -0.353 e. The van der Waals surface area contributed by atoms with Crippen molar-refractivity contribution in [1.29, 1.82) is 0 Å². The molecule has 2 aromatic carbocycles. The molecule has 0 saturated carbocycles. The van der Waals surface area contributed by atoms with Gasteiger partial charge in [-0.1, -0.05) is 50.2 Å². The third kappa shape index (κ3) is 4.13. The summed E-state index contributed by atoms with van der Waals surface area (Å²) >= 11 is 0. The molecular formula is C28H32N4O2. The number of hydrogen-bond donors (Lipinski definition) is 0. The van der Waals surface area contributed by atoms with Gasteiger partial charge in [0, 0.05) is 50.2 Å². The Hall–Kier alpha value is -3.41. The Morgan fingerprint density at radius 1 is 0.912 bits per heavy atom.